The van der Waals surface area contributed by atoms with E-state index in [-0.39, 0.29) is 24.4 Å². The third-order valence-electron chi connectivity index (χ3n) is 2.75. The minimum Gasteiger partial charge on any atom is -0.345 e. The van der Waals surface area contributed by atoms with Gasteiger partial charge in [0.25, 0.3) is 0 Å². The number of carbonyl (C=O) groups excluding carboxylic acids is 2. The number of nitrogens with one attached hydrogen (secondary N) is 1. The van der Waals surface area contributed by atoms with E-state index in [1.165, 1.54) is 0 Å². The zero-order chi connectivity index (χ0) is 11.4. The molecule has 0 spiro atoms. The molecule has 1 rings (SSSR count). The summed E-state index contributed by atoms with van der Waals surface area (Å²) < 4.78 is 0. The molecule has 1 heterocycles. The zero-order valence-electron chi connectivity index (χ0n) is 9.75. The Kier molecular flexibility index (Phi) is 4.12. The maximum atomic E-state index is 11.6. The minimum absolute atomic E-state index is 0.0131. The van der Waals surface area contributed by atoms with Crippen LogP contribution < -0.4 is 5.32 Å². The molecule has 0 aromatic carbocycles. The lowest BCUT2D eigenvalue weighted by atomic mass is 10.1. The van der Waals surface area contributed by atoms with Gasteiger partial charge in [-0.05, 0) is 18.8 Å². The van der Waals surface area contributed by atoms with Gasteiger partial charge < -0.3 is 10.2 Å². The highest BCUT2D eigenvalue weighted by atomic mass is 16.2. The molecule has 4 nitrogen and oxygen atoms in total. The van der Waals surface area contributed by atoms with Gasteiger partial charge in [0, 0.05) is 6.54 Å². The number of rotatable bonds is 4. The number of carbonyl (C=O) groups is 2. The molecule has 0 aromatic rings. The highest BCUT2D eigenvalue weighted by molar-refractivity contribution is 5.94. The maximum absolute atomic E-state index is 11.6. The molecule has 0 aliphatic carbocycles. The van der Waals surface area contributed by atoms with Crippen LogP contribution in [0.1, 0.15) is 33.6 Å². The maximum Gasteiger partial charge on any atom is 0.243 e. The van der Waals surface area contributed by atoms with Gasteiger partial charge in [-0.1, -0.05) is 20.8 Å². The fourth-order valence-electron chi connectivity index (χ4n) is 1.78. The topological polar surface area (TPSA) is 49.4 Å². The molecule has 0 bridgehead atoms. The number of hydrogen-bond donors (Lipinski definition) is 1. The molecular weight excluding hydrogens is 192 g/mol. The van der Waals surface area contributed by atoms with E-state index in [0.29, 0.717) is 18.9 Å². The van der Waals surface area contributed by atoms with Crippen molar-refractivity contribution in [2.45, 2.75) is 39.7 Å². The Bertz CT molecular complexity index is 251. The van der Waals surface area contributed by atoms with Gasteiger partial charge >= 0.3 is 0 Å². The van der Waals surface area contributed by atoms with Crippen LogP contribution in [0.3, 0.4) is 0 Å². The minimum atomic E-state index is -0.259. The molecule has 1 aliphatic heterocycles. The summed E-state index contributed by atoms with van der Waals surface area (Å²) in [6.45, 7) is 7.03. The molecule has 1 unspecified atom stereocenters. The number of amides is 2. The van der Waals surface area contributed by atoms with Crippen LogP contribution in [-0.2, 0) is 9.59 Å². The third kappa shape index (κ3) is 2.94. The van der Waals surface area contributed by atoms with E-state index in [2.05, 4.69) is 19.2 Å². The molecule has 1 fully saturated rings. The van der Waals surface area contributed by atoms with E-state index >= 15 is 0 Å². The standard InChI is InChI=1S/C11H20N2O2/c1-4-9-11(15)12-7-10(14)13(9)6-5-8(2)3/h8-9H,4-7H2,1-3H3,(H,12,15). The summed E-state index contributed by atoms with van der Waals surface area (Å²) in [5, 5.41) is 2.62. The van der Waals surface area contributed by atoms with Crippen LogP contribution in [0.5, 0.6) is 0 Å². The summed E-state index contributed by atoms with van der Waals surface area (Å²) in [4.78, 5) is 24.9. The summed E-state index contributed by atoms with van der Waals surface area (Å²) in [5.41, 5.74) is 0. The summed E-state index contributed by atoms with van der Waals surface area (Å²) in [7, 11) is 0. The first-order valence-electron chi connectivity index (χ1n) is 5.63. The Morgan fingerprint density at radius 3 is 2.67 bits per heavy atom. The van der Waals surface area contributed by atoms with E-state index in [1.54, 1.807) is 4.90 Å². The zero-order valence-corrected chi connectivity index (χ0v) is 9.75. The summed E-state index contributed by atoms with van der Waals surface area (Å²) in [6, 6.07) is -0.259. The third-order valence-corrected chi connectivity index (χ3v) is 2.75. The molecule has 1 saturated heterocycles. The second-order valence-corrected chi connectivity index (χ2v) is 4.41. The van der Waals surface area contributed by atoms with Crippen LogP contribution in [-0.4, -0.2) is 35.8 Å². The molecule has 2 amide bonds. The molecule has 4 heteroatoms. The lowest BCUT2D eigenvalue weighted by Gasteiger charge is -2.34. The monoisotopic (exact) mass is 212 g/mol. The van der Waals surface area contributed by atoms with Crippen molar-refractivity contribution < 1.29 is 9.59 Å². The predicted molar refractivity (Wildman–Crippen MR) is 58.3 cm³/mol. The molecule has 0 aromatic heterocycles. The lowest BCUT2D eigenvalue weighted by molar-refractivity contribution is -0.145. The van der Waals surface area contributed by atoms with Crippen LogP contribution in [0.4, 0.5) is 0 Å². The fraction of sp³-hybridized carbons (Fsp3) is 0.818. The molecule has 86 valence electrons. The van der Waals surface area contributed by atoms with Gasteiger partial charge in [0.05, 0.1) is 6.54 Å². The average molecular weight is 212 g/mol. The van der Waals surface area contributed by atoms with Crippen molar-refractivity contribution in [1.29, 1.82) is 0 Å². The van der Waals surface area contributed by atoms with Gasteiger partial charge in [0.15, 0.2) is 0 Å². The first kappa shape index (κ1) is 12.0. The highest BCUT2D eigenvalue weighted by Gasteiger charge is 2.32. The highest BCUT2D eigenvalue weighted by Crippen LogP contribution is 2.12. The van der Waals surface area contributed by atoms with Crippen molar-refractivity contribution >= 4 is 11.8 Å². The Morgan fingerprint density at radius 2 is 2.13 bits per heavy atom. The smallest absolute Gasteiger partial charge is 0.243 e. The Balaban J connectivity index is 2.62. The number of hydrogen-bond acceptors (Lipinski definition) is 2. The average Bonchev–Trinajstić information content (AvgIpc) is 2.19. The largest absolute Gasteiger partial charge is 0.345 e. The quantitative estimate of drug-likeness (QED) is 0.748. The van der Waals surface area contributed by atoms with E-state index in [4.69, 9.17) is 0 Å². The van der Waals surface area contributed by atoms with Crippen LogP contribution in [0.15, 0.2) is 0 Å². The summed E-state index contributed by atoms with van der Waals surface area (Å²) >= 11 is 0. The van der Waals surface area contributed by atoms with Crippen LogP contribution in [0.2, 0.25) is 0 Å². The Labute approximate surface area is 91.0 Å². The van der Waals surface area contributed by atoms with Crippen molar-refractivity contribution in [2.24, 2.45) is 5.92 Å². The van der Waals surface area contributed by atoms with Crippen LogP contribution >= 0.6 is 0 Å². The molecular formula is C11H20N2O2. The SMILES string of the molecule is CCC1C(=O)NCC(=O)N1CCC(C)C. The van der Waals surface area contributed by atoms with Gasteiger partial charge in [-0.3, -0.25) is 9.59 Å². The normalized spacial score (nSPS) is 22.1. The molecule has 1 N–H and O–H groups in total. The molecule has 1 aliphatic rings. The second-order valence-electron chi connectivity index (χ2n) is 4.41. The van der Waals surface area contributed by atoms with Gasteiger partial charge in [-0.25, -0.2) is 0 Å². The summed E-state index contributed by atoms with van der Waals surface area (Å²) in [6.07, 6.45) is 1.64. The first-order chi connectivity index (χ1) is 7.06. The van der Waals surface area contributed by atoms with E-state index in [9.17, 15) is 9.59 Å². The van der Waals surface area contributed by atoms with Crippen molar-refractivity contribution in [3.05, 3.63) is 0 Å². The van der Waals surface area contributed by atoms with Crippen molar-refractivity contribution in [2.75, 3.05) is 13.1 Å². The molecule has 1 atom stereocenters. The van der Waals surface area contributed by atoms with Gasteiger partial charge in [0.1, 0.15) is 6.04 Å². The van der Waals surface area contributed by atoms with Crippen molar-refractivity contribution in [1.82, 2.24) is 10.2 Å². The van der Waals surface area contributed by atoms with Crippen molar-refractivity contribution in [3.8, 4) is 0 Å². The lowest BCUT2D eigenvalue weighted by Crippen LogP contribution is -2.58. The fourth-order valence-corrected chi connectivity index (χ4v) is 1.78. The van der Waals surface area contributed by atoms with E-state index in [1.807, 2.05) is 6.92 Å². The van der Waals surface area contributed by atoms with E-state index in [0.717, 1.165) is 6.42 Å². The number of nitrogens with zero attached hydrogens (tertiary/aromatic N) is 1. The predicted octanol–water partition coefficient (Wildman–Crippen LogP) is 0.769. The number of piperazine rings is 1. The summed E-state index contributed by atoms with van der Waals surface area (Å²) in [5.74, 6) is 0.586. The molecule has 0 saturated carbocycles. The van der Waals surface area contributed by atoms with E-state index < -0.39 is 0 Å². The second kappa shape index (κ2) is 5.14. The van der Waals surface area contributed by atoms with Gasteiger partial charge in [-0.15, -0.1) is 0 Å². The van der Waals surface area contributed by atoms with Crippen LogP contribution in [0.25, 0.3) is 0 Å². The molecule has 0 radical (unpaired) electrons. The molecule has 15 heavy (non-hydrogen) atoms. The van der Waals surface area contributed by atoms with Gasteiger partial charge in [0.2, 0.25) is 11.8 Å². The Hall–Kier alpha value is -1.06. The van der Waals surface area contributed by atoms with Crippen LogP contribution in [0, 0.1) is 5.92 Å². The van der Waals surface area contributed by atoms with Gasteiger partial charge in [-0.2, -0.15) is 0 Å². The van der Waals surface area contributed by atoms with Crippen molar-refractivity contribution in [3.63, 3.8) is 0 Å². The first-order valence-corrected chi connectivity index (χ1v) is 5.63. The Morgan fingerprint density at radius 1 is 1.47 bits per heavy atom.